The highest BCUT2D eigenvalue weighted by Crippen LogP contribution is 2.49. The van der Waals surface area contributed by atoms with Crippen molar-refractivity contribution in [2.24, 2.45) is 5.92 Å². The van der Waals surface area contributed by atoms with Gasteiger partial charge >= 0.3 is 7.60 Å². The molecule has 1 amide bonds. The zero-order chi connectivity index (χ0) is 20.2. The van der Waals surface area contributed by atoms with Crippen molar-refractivity contribution in [2.45, 2.75) is 18.7 Å². The molecule has 0 bridgehead atoms. The van der Waals surface area contributed by atoms with E-state index in [1.807, 2.05) is 0 Å². The Morgan fingerprint density at radius 2 is 2.04 bits per heavy atom. The molecule has 2 atom stereocenters. The normalized spacial score (nSPS) is 23.2. The summed E-state index contributed by atoms with van der Waals surface area (Å²) in [5.74, 6) is -2.16. The molecule has 2 rings (SSSR count). The Morgan fingerprint density at radius 3 is 2.67 bits per heavy atom. The Hall–Kier alpha value is -2.05. The fraction of sp³-hybridized carbons (Fsp3) is 0.368. The van der Waals surface area contributed by atoms with Crippen LogP contribution in [-0.4, -0.2) is 48.6 Å². The summed E-state index contributed by atoms with van der Waals surface area (Å²) in [5.41, 5.74) is -0.136. The van der Waals surface area contributed by atoms with E-state index in [4.69, 9.17) is 9.05 Å². The second kappa shape index (κ2) is 8.31. The number of aliphatic hydroxyl groups is 1. The topological polar surface area (TPSA) is 93.1 Å². The first kappa shape index (κ1) is 21.3. The highest BCUT2D eigenvalue weighted by molar-refractivity contribution is 7.52. The van der Waals surface area contributed by atoms with Crippen molar-refractivity contribution in [1.82, 2.24) is 4.90 Å². The Morgan fingerprint density at radius 1 is 1.37 bits per heavy atom. The molecule has 8 heteroatoms. The van der Waals surface area contributed by atoms with Gasteiger partial charge in [0.05, 0.1) is 6.16 Å². The molecular weight excluding hydrogens is 369 g/mol. The fourth-order valence-corrected chi connectivity index (χ4v) is 3.84. The summed E-state index contributed by atoms with van der Waals surface area (Å²) in [6.45, 7) is 1.43. The average Bonchev–Trinajstić information content (AvgIpc) is 2.63. The third-order valence-corrected chi connectivity index (χ3v) is 6.29. The summed E-state index contributed by atoms with van der Waals surface area (Å²) in [7, 11) is 0.985. The molecule has 0 spiro atoms. The van der Waals surface area contributed by atoms with E-state index in [0.29, 0.717) is 5.56 Å². The van der Waals surface area contributed by atoms with Gasteiger partial charge in [-0.15, -0.1) is 0 Å². The highest BCUT2D eigenvalue weighted by Gasteiger charge is 2.43. The molecule has 0 fully saturated rings. The van der Waals surface area contributed by atoms with Gasteiger partial charge in [-0.3, -0.25) is 14.2 Å². The lowest BCUT2D eigenvalue weighted by Gasteiger charge is -2.34. The maximum atomic E-state index is 12.5. The van der Waals surface area contributed by atoms with Crippen LogP contribution < -0.4 is 0 Å². The van der Waals surface area contributed by atoms with Crippen molar-refractivity contribution >= 4 is 25.4 Å². The van der Waals surface area contributed by atoms with E-state index >= 15 is 0 Å². The minimum absolute atomic E-state index is 0.0983. The molecule has 1 aliphatic heterocycles. The monoisotopic (exact) mass is 393 g/mol. The standard InChI is InChI=1S/C19H24NO6P/c1-19(23)10-11-20(2)18(22)17(19)16(21)9-8-14-6-5-7-15(12-14)13-27(24,25-3)26-4/h5-12,17,23H,13H2,1-4H3/b9-8+. The quantitative estimate of drug-likeness (QED) is 0.435. The summed E-state index contributed by atoms with van der Waals surface area (Å²) in [6, 6.07) is 7.05. The van der Waals surface area contributed by atoms with Crippen LogP contribution in [0.1, 0.15) is 18.1 Å². The van der Waals surface area contributed by atoms with E-state index in [9.17, 15) is 19.3 Å². The number of allylic oxidation sites excluding steroid dienone is 1. The van der Waals surface area contributed by atoms with Crippen LogP contribution in [0.5, 0.6) is 0 Å². The van der Waals surface area contributed by atoms with E-state index in [0.717, 1.165) is 5.56 Å². The van der Waals surface area contributed by atoms with E-state index in [2.05, 4.69) is 0 Å². The molecule has 0 aliphatic carbocycles. The molecular formula is C19H24NO6P. The summed E-state index contributed by atoms with van der Waals surface area (Å²) in [6.07, 6.45) is 5.80. The second-order valence-corrected chi connectivity index (χ2v) is 8.81. The molecule has 2 unspecified atom stereocenters. The number of rotatable bonds is 7. The van der Waals surface area contributed by atoms with E-state index in [1.54, 1.807) is 30.3 Å². The molecule has 0 aromatic heterocycles. The maximum Gasteiger partial charge on any atom is 0.334 e. The second-order valence-electron chi connectivity index (χ2n) is 6.54. The van der Waals surface area contributed by atoms with E-state index in [1.165, 1.54) is 51.4 Å². The van der Waals surface area contributed by atoms with Crippen molar-refractivity contribution in [2.75, 3.05) is 21.3 Å². The number of carbonyl (C=O) groups is 2. The first-order chi connectivity index (χ1) is 12.6. The van der Waals surface area contributed by atoms with Crippen LogP contribution in [0.3, 0.4) is 0 Å². The number of hydrogen-bond donors (Lipinski definition) is 1. The summed E-state index contributed by atoms with van der Waals surface area (Å²) >= 11 is 0. The van der Waals surface area contributed by atoms with Crippen LogP contribution in [0.4, 0.5) is 0 Å². The average molecular weight is 393 g/mol. The number of benzene rings is 1. The Bertz CT molecular complexity index is 821. The maximum absolute atomic E-state index is 12.5. The van der Waals surface area contributed by atoms with Crippen molar-refractivity contribution < 1.29 is 28.3 Å². The minimum Gasteiger partial charge on any atom is -0.385 e. The lowest BCUT2D eigenvalue weighted by molar-refractivity contribution is -0.146. The number of carbonyl (C=O) groups excluding carboxylic acids is 2. The molecule has 146 valence electrons. The van der Waals surface area contributed by atoms with Crippen molar-refractivity contribution in [3.63, 3.8) is 0 Å². The van der Waals surface area contributed by atoms with Crippen molar-refractivity contribution in [1.29, 1.82) is 0 Å². The Balaban J connectivity index is 2.19. The van der Waals surface area contributed by atoms with Crippen molar-refractivity contribution in [3.8, 4) is 0 Å². The van der Waals surface area contributed by atoms with Gasteiger partial charge in [0.1, 0.15) is 11.5 Å². The molecule has 7 nitrogen and oxygen atoms in total. The van der Waals surface area contributed by atoms with Gasteiger partial charge in [0, 0.05) is 27.5 Å². The number of ketones is 1. The Kier molecular flexibility index (Phi) is 6.54. The molecule has 0 saturated heterocycles. The van der Waals surface area contributed by atoms with Crippen LogP contribution in [0.2, 0.25) is 0 Å². The molecule has 1 heterocycles. The molecule has 1 aliphatic rings. The van der Waals surface area contributed by atoms with Crippen LogP contribution in [0, 0.1) is 5.92 Å². The third kappa shape index (κ3) is 5.02. The number of nitrogens with zero attached hydrogens (tertiary/aromatic N) is 1. The smallest absolute Gasteiger partial charge is 0.334 e. The molecule has 1 N–H and O–H groups in total. The van der Waals surface area contributed by atoms with E-state index in [-0.39, 0.29) is 6.16 Å². The van der Waals surface area contributed by atoms with Crippen LogP contribution in [0.15, 0.2) is 42.6 Å². The largest absolute Gasteiger partial charge is 0.385 e. The molecule has 27 heavy (non-hydrogen) atoms. The lowest BCUT2D eigenvalue weighted by atomic mass is 9.82. The predicted molar refractivity (Wildman–Crippen MR) is 102 cm³/mol. The van der Waals surface area contributed by atoms with Gasteiger partial charge in [-0.1, -0.05) is 30.3 Å². The number of hydrogen-bond acceptors (Lipinski definition) is 6. The molecule has 0 saturated carbocycles. The van der Waals surface area contributed by atoms with Gasteiger partial charge in [-0.2, -0.15) is 0 Å². The van der Waals surface area contributed by atoms with Gasteiger partial charge < -0.3 is 19.1 Å². The Labute approximate surface area is 158 Å². The SMILES string of the molecule is COP(=O)(Cc1cccc(/C=C/C(=O)C2C(=O)N(C)C=CC2(C)O)c1)OC. The van der Waals surface area contributed by atoms with Gasteiger partial charge in [0.25, 0.3) is 0 Å². The first-order valence-electron chi connectivity index (χ1n) is 8.31. The summed E-state index contributed by atoms with van der Waals surface area (Å²) in [4.78, 5) is 26.1. The molecule has 0 radical (unpaired) electrons. The summed E-state index contributed by atoms with van der Waals surface area (Å²) < 4.78 is 22.1. The molecule has 1 aromatic rings. The lowest BCUT2D eigenvalue weighted by Crippen LogP contribution is -2.50. The molecule has 1 aromatic carbocycles. The van der Waals surface area contributed by atoms with Gasteiger partial charge in [-0.25, -0.2) is 0 Å². The van der Waals surface area contributed by atoms with Gasteiger partial charge in [0.15, 0.2) is 5.78 Å². The van der Waals surface area contributed by atoms with Crippen LogP contribution in [0.25, 0.3) is 6.08 Å². The van der Waals surface area contributed by atoms with Gasteiger partial charge in [0.2, 0.25) is 5.91 Å². The third-order valence-electron chi connectivity index (χ3n) is 4.42. The predicted octanol–water partition coefficient (Wildman–Crippen LogP) is 2.61. The zero-order valence-corrected chi connectivity index (χ0v) is 16.7. The van der Waals surface area contributed by atoms with E-state index < -0.39 is 30.8 Å². The fourth-order valence-electron chi connectivity index (χ4n) is 2.79. The summed E-state index contributed by atoms with van der Waals surface area (Å²) in [5, 5.41) is 10.4. The highest BCUT2D eigenvalue weighted by atomic mass is 31.2. The van der Waals surface area contributed by atoms with Crippen LogP contribution >= 0.6 is 7.60 Å². The van der Waals surface area contributed by atoms with Crippen LogP contribution in [-0.2, 0) is 29.4 Å². The first-order valence-corrected chi connectivity index (χ1v) is 10.0. The minimum atomic E-state index is -3.20. The zero-order valence-electron chi connectivity index (χ0n) is 15.8. The number of amides is 1. The van der Waals surface area contributed by atoms with Gasteiger partial charge in [-0.05, 0) is 30.2 Å². The van der Waals surface area contributed by atoms with Crippen molar-refractivity contribution in [3.05, 3.63) is 53.7 Å².